The SMILES string of the molecule is O=C(CN1C(=O)/C(=C\c2ccc(F)cc2)OC2CCCCC21)NCc1ccc(Cl)cc1. The summed E-state index contributed by atoms with van der Waals surface area (Å²) < 4.78 is 19.2. The lowest BCUT2D eigenvalue weighted by atomic mass is 9.89. The predicted molar refractivity (Wildman–Crippen MR) is 117 cm³/mol. The molecule has 1 N–H and O–H groups in total. The highest BCUT2D eigenvalue weighted by molar-refractivity contribution is 6.30. The summed E-state index contributed by atoms with van der Waals surface area (Å²) in [7, 11) is 0. The Morgan fingerprint density at radius 3 is 2.58 bits per heavy atom. The molecule has 2 fully saturated rings. The summed E-state index contributed by atoms with van der Waals surface area (Å²) in [6, 6.07) is 13.0. The Labute approximate surface area is 185 Å². The van der Waals surface area contributed by atoms with Gasteiger partial charge in [-0.05, 0) is 60.7 Å². The summed E-state index contributed by atoms with van der Waals surface area (Å²) in [6.07, 6.45) is 5.15. The average Bonchev–Trinajstić information content (AvgIpc) is 2.77. The first-order chi connectivity index (χ1) is 15.0. The van der Waals surface area contributed by atoms with Gasteiger partial charge in [0, 0.05) is 11.6 Å². The van der Waals surface area contributed by atoms with Crippen LogP contribution in [0.15, 0.2) is 54.3 Å². The molecule has 2 unspecified atom stereocenters. The number of halogens is 2. The molecule has 2 aromatic rings. The van der Waals surface area contributed by atoms with Crippen molar-refractivity contribution < 1.29 is 18.7 Å². The van der Waals surface area contributed by atoms with Crippen molar-refractivity contribution in [1.82, 2.24) is 10.2 Å². The third-order valence-electron chi connectivity index (χ3n) is 5.70. The number of nitrogens with zero attached hydrogens (tertiary/aromatic N) is 1. The van der Waals surface area contributed by atoms with E-state index in [0.717, 1.165) is 31.2 Å². The third kappa shape index (κ3) is 5.25. The van der Waals surface area contributed by atoms with Crippen LogP contribution in [-0.4, -0.2) is 35.4 Å². The maximum absolute atomic E-state index is 13.2. The number of fused-ring (bicyclic) bond motifs is 1. The monoisotopic (exact) mass is 442 g/mol. The van der Waals surface area contributed by atoms with Crippen molar-refractivity contribution >= 4 is 29.5 Å². The van der Waals surface area contributed by atoms with E-state index in [9.17, 15) is 14.0 Å². The van der Waals surface area contributed by atoms with Gasteiger partial charge in [-0.15, -0.1) is 0 Å². The van der Waals surface area contributed by atoms with Gasteiger partial charge in [0.1, 0.15) is 18.5 Å². The van der Waals surface area contributed by atoms with Crippen LogP contribution in [0.5, 0.6) is 0 Å². The van der Waals surface area contributed by atoms with Gasteiger partial charge in [0.05, 0.1) is 6.04 Å². The molecule has 0 radical (unpaired) electrons. The van der Waals surface area contributed by atoms with Crippen LogP contribution in [0.2, 0.25) is 5.02 Å². The van der Waals surface area contributed by atoms with Gasteiger partial charge in [-0.2, -0.15) is 0 Å². The molecule has 1 saturated heterocycles. The second-order valence-electron chi connectivity index (χ2n) is 7.90. The van der Waals surface area contributed by atoms with Gasteiger partial charge >= 0.3 is 0 Å². The van der Waals surface area contributed by atoms with Crippen LogP contribution in [0.4, 0.5) is 4.39 Å². The van der Waals surface area contributed by atoms with Crippen LogP contribution < -0.4 is 5.32 Å². The minimum Gasteiger partial charge on any atom is -0.482 e. The van der Waals surface area contributed by atoms with E-state index in [1.807, 2.05) is 12.1 Å². The summed E-state index contributed by atoms with van der Waals surface area (Å²) in [5, 5.41) is 3.51. The fraction of sp³-hybridized carbons (Fsp3) is 0.333. The van der Waals surface area contributed by atoms with Crippen molar-refractivity contribution in [2.75, 3.05) is 6.54 Å². The second kappa shape index (κ2) is 9.52. The number of carbonyl (C=O) groups excluding carboxylic acids is 2. The van der Waals surface area contributed by atoms with Crippen molar-refractivity contribution in [3.05, 3.63) is 76.3 Å². The number of hydrogen-bond donors (Lipinski definition) is 1. The van der Waals surface area contributed by atoms with Gasteiger partial charge < -0.3 is 15.0 Å². The zero-order valence-electron chi connectivity index (χ0n) is 17.0. The normalized spacial score (nSPS) is 22.1. The van der Waals surface area contributed by atoms with Crippen molar-refractivity contribution in [2.24, 2.45) is 0 Å². The number of benzene rings is 2. The van der Waals surface area contributed by atoms with Gasteiger partial charge in [0.15, 0.2) is 5.76 Å². The Bertz CT molecular complexity index is 975. The van der Waals surface area contributed by atoms with Gasteiger partial charge in [-0.3, -0.25) is 9.59 Å². The Kier molecular flexibility index (Phi) is 6.56. The molecule has 0 spiro atoms. The maximum atomic E-state index is 13.2. The fourth-order valence-electron chi connectivity index (χ4n) is 4.09. The van der Waals surface area contributed by atoms with Crippen LogP contribution in [0.3, 0.4) is 0 Å². The molecule has 1 aliphatic carbocycles. The highest BCUT2D eigenvalue weighted by atomic mass is 35.5. The van der Waals surface area contributed by atoms with E-state index in [-0.39, 0.29) is 42.1 Å². The van der Waals surface area contributed by atoms with Crippen LogP contribution >= 0.6 is 11.6 Å². The van der Waals surface area contributed by atoms with E-state index in [1.54, 1.807) is 35.2 Å². The lowest BCUT2D eigenvalue weighted by Crippen LogP contribution is -2.57. The molecule has 31 heavy (non-hydrogen) atoms. The summed E-state index contributed by atoms with van der Waals surface area (Å²) in [6.45, 7) is 0.332. The van der Waals surface area contributed by atoms with E-state index < -0.39 is 0 Å². The number of nitrogens with one attached hydrogen (secondary N) is 1. The molecule has 4 rings (SSSR count). The Morgan fingerprint density at radius 2 is 1.84 bits per heavy atom. The molecule has 162 valence electrons. The Balaban J connectivity index is 1.48. The molecule has 2 amide bonds. The van der Waals surface area contributed by atoms with Gasteiger partial charge in [-0.1, -0.05) is 42.3 Å². The zero-order valence-corrected chi connectivity index (χ0v) is 17.8. The molecular formula is C24H24ClFN2O3. The highest BCUT2D eigenvalue weighted by Crippen LogP contribution is 2.33. The second-order valence-corrected chi connectivity index (χ2v) is 8.34. The summed E-state index contributed by atoms with van der Waals surface area (Å²) in [5.74, 6) is -0.686. The van der Waals surface area contributed by atoms with Gasteiger partial charge in [0.25, 0.3) is 5.91 Å². The summed E-state index contributed by atoms with van der Waals surface area (Å²) >= 11 is 5.90. The van der Waals surface area contributed by atoms with E-state index in [2.05, 4.69) is 5.32 Å². The molecule has 1 heterocycles. The van der Waals surface area contributed by atoms with E-state index in [1.165, 1.54) is 12.1 Å². The standard InChI is InChI=1S/C24H24ClFN2O3/c25-18-9-5-17(6-10-18)14-27-23(29)15-28-20-3-1-2-4-21(20)31-22(24(28)30)13-16-7-11-19(26)12-8-16/h5-13,20-21H,1-4,14-15H2,(H,27,29)/b22-13+. The third-order valence-corrected chi connectivity index (χ3v) is 5.95. The lowest BCUT2D eigenvalue weighted by molar-refractivity contribution is -0.151. The molecule has 0 aromatic heterocycles. The molecule has 7 heteroatoms. The van der Waals surface area contributed by atoms with Crippen LogP contribution in [-0.2, 0) is 20.9 Å². The Morgan fingerprint density at radius 1 is 1.13 bits per heavy atom. The molecule has 2 aliphatic rings. The molecular weight excluding hydrogens is 419 g/mol. The number of hydrogen-bond acceptors (Lipinski definition) is 3. The van der Waals surface area contributed by atoms with E-state index >= 15 is 0 Å². The highest BCUT2D eigenvalue weighted by Gasteiger charge is 2.42. The number of amides is 2. The largest absolute Gasteiger partial charge is 0.482 e. The molecule has 0 bridgehead atoms. The average molecular weight is 443 g/mol. The lowest BCUT2D eigenvalue weighted by Gasteiger charge is -2.44. The maximum Gasteiger partial charge on any atom is 0.289 e. The van der Waals surface area contributed by atoms with Crippen LogP contribution in [0, 0.1) is 5.82 Å². The topological polar surface area (TPSA) is 58.6 Å². The van der Waals surface area contributed by atoms with Crippen molar-refractivity contribution in [3.63, 3.8) is 0 Å². The number of carbonyl (C=O) groups is 2. The number of rotatable bonds is 5. The zero-order chi connectivity index (χ0) is 21.8. The summed E-state index contributed by atoms with van der Waals surface area (Å²) in [4.78, 5) is 27.4. The Hall–Kier alpha value is -2.86. The molecule has 2 atom stereocenters. The van der Waals surface area contributed by atoms with E-state index in [0.29, 0.717) is 17.1 Å². The minimum atomic E-state index is -0.343. The quantitative estimate of drug-likeness (QED) is 0.702. The fourth-order valence-corrected chi connectivity index (χ4v) is 4.21. The first-order valence-corrected chi connectivity index (χ1v) is 10.8. The molecule has 5 nitrogen and oxygen atoms in total. The van der Waals surface area contributed by atoms with E-state index in [4.69, 9.17) is 16.3 Å². The molecule has 1 saturated carbocycles. The minimum absolute atomic E-state index is 0.0301. The van der Waals surface area contributed by atoms with Crippen LogP contribution in [0.1, 0.15) is 36.8 Å². The van der Waals surface area contributed by atoms with Gasteiger partial charge in [0.2, 0.25) is 5.91 Å². The number of morpholine rings is 1. The van der Waals surface area contributed by atoms with Crippen molar-refractivity contribution in [1.29, 1.82) is 0 Å². The van der Waals surface area contributed by atoms with Gasteiger partial charge in [-0.25, -0.2) is 4.39 Å². The first-order valence-electron chi connectivity index (χ1n) is 10.5. The number of ether oxygens (including phenoxy) is 1. The molecule has 2 aromatic carbocycles. The first kappa shape index (κ1) is 21.4. The van der Waals surface area contributed by atoms with Crippen LogP contribution in [0.25, 0.3) is 6.08 Å². The molecule has 1 aliphatic heterocycles. The summed E-state index contributed by atoms with van der Waals surface area (Å²) in [5.41, 5.74) is 1.60. The van der Waals surface area contributed by atoms with Crippen molar-refractivity contribution in [3.8, 4) is 0 Å². The van der Waals surface area contributed by atoms with Crippen molar-refractivity contribution in [2.45, 2.75) is 44.4 Å². The predicted octanol–water partition coefficient (Wildman–Crippen LogP) is 4.31. The smallest absolute Gasteiger partial charge is 0.289 e.